The Morgan fingerprint density at radius 2 is 1.62 bits per heavy atom. The van der Waals surface area contributed by atoms with Crippen LogP contribution in [0.2, 0.25) is 0 Å². The normalized spacial score (nSPS) is 12.3. The van der Waals surface area contributed by atoms with Gasteiger partial charge >= 0.3 is 0 Å². The van der Waals surface area contributed by atoms with Crippen LogP contribution in [0.3, 0.4) is 0 Å². The van der Waals surface area contributed by atoms with Crippen LogP contribution in [0.5, 0.6) is 5.75 Å². The minimum absolute atomic E-state index is 0.0178. The first-order valence-electron chi connectivity index (χ1n) is 6.13. The van der Waals surface area contributed by atoms with Gasteiger partial charge in [0.05, 0.1) is 13.2 Å². The van der Waals surface area contributed by atoms with Crippen LogP contribution in [-0.4, -0.2) is 14.2 Å². The predicted molar refractivity (Wildman–Crippen MR) is 70.2 cm³/mol. The van der Waals surface area contributed by atoms with E-state index in [2.05, 4.69) is 5.32 Å². The van der Waals surface area contributed by atoms with E-state index in [1.807, 2.05) is 0 Å². The molecule has 0 amide bonds. The van der Waals surface area contributed by atoms with Gasteiger partial charge in [-0.25, -0.2) is 17.6 Å². The fraction of sp³-hybridized carbons (Fsp3) is 0.200. The van der Waals surface area contributed by atoms with Gasteiger partial charge in [0.1, 0.15) is 0 Å². The molecule has 2 aromatic rings. The largest absolute Gasteiger partial charge is 0.494 e. The van der Waals surface area contributed by atoms with Crippen LogP contribution in [0, 0.1) is 23.3 Å². The zero-order valence-electron chi connectivity index (χ0n) is 11.4. The average molecular weight is 299 g/mol. The Hall–Kier alpha value is -2.08. The van der Waals surface area contributed by atoms with E-state index in [1.165, 1.54) is 26.3 Å². The van der Waals surface area contributed by atoms with Crippen molar-refractivity contribution in [3.05, 3.63) is 64.7 Å². The fourth-order valence-corrected chi connectivity index (χ4v) is 2.12. The van der Waals surface area contributed by atoms with E-state index >= 15 is 0 Å². The van der Waals surface area contributed by atoms with Gasteiger partial charge < -0.3 is 10.1 Å². The molecule has 0 saturated heterocycles. The van der Waals surface area contributed by atoms with Crippen LogP contribution < -0.4 is 10.1 Å². The highest BCUT2D eigenvalue weighted by Crippen LogP contribution is 2.29. The lowest BCUT2D eigenvalue weighted by atomic mass is 9.97. The molecule has 0 aliphatic carbocycles. The van der Waals surface area contributed by atoms with Crippen molar-refractivity contribution in [2.45, 2.75) is 6.04 Å². The summed E-state index contributed by atoms with van der Waals surface area (Å²) < 4.78 is 58.5. The van der Waals surface area contributed by atoms with Crippen molar-refractivity contribution in [3.8, 4) is 5.75 Å². The quantitative estimate of drug-likeness (QED) is 0.688. The number of ether oxygens (including phenoxy) is 1. The van der Waals surface area contributed by atoms with E-state index in [-0.39, 0.29) is 11.3 Å². The molecule has 0 heterocycles. The first-order valence-corrected chi connectivity index (χ1v) is 6.13. The van der Waals surface area contributed by atoms with Crippen LogP contribution in [0.15, 0.2) is 30.3 Å². The summed E-state index contributed by atoms with van der Waals surface area (Å²) in [7, 11) is 2.83. The number of methoxy groups -OCH3 is 1. The van der Waals surface area contributed by atoms with Gasteiger partial charge in [0.15, 0.2) is 29.0 Å². The maximum Gasteiger partial charge on any atom is 0.194 e. The van der Waals surface area contributed by atoms with Crippen LogP contribution in [0.1, 0.15) is 17.2 Å². The van der Waals surface area contributed by atoms with E-state index < -0.39 is 29.3 Å². The van der Waals surface area contributed by atoms with E-state index in [0.717, 1.165) is 18.2 Å². The molecule has 0 radical (unpaired) electrons. The van der Waals surface area contributed by atoms with Crippen molar-refractivity contribution < 1.29 is 22.3 Å². The number of hydrogen-bond donors (Lipinski definition) is 1. The highest BCUT2D eigenvalue weighted by molar-refractivity contribution is 5.38. The average Bonchev–Trinajstić information content (AvgIpc) is 2.49. The number of rotatable bonds is 4. The van der Waals surface area contributed by atoms with E-state index in [0.29, 0.717) is 5.56 Å². The fourth-order valence-electron chi connectivity index (χ4n) is 2.12. The van der Waals surface area contributed by atoms with Gasteiger partial charge in [-0.3, -0.25) is 0 Å². The molecule has 112 valence electrons. The third kappa shape index (κ3) is 2.85. The minimum Gasteiger partial charge on any atom is -0.494 e. The maximum atomic E-state index is 13.9. The molecule has 6 heteroatoms. The van der Waals surface area contributed by atoms with Gasteiger partial charge in [-0.15, -0.1) is 0 Å². The molecule has 2 rings (SSSR count). The number of halogens is 4. The van der Waals surface area contributed by atoms with Gasteiger partial charge in [0.25, 0.3) is 0 Å². The third-order valence-electron chi connectivity index (χ3n) is 3.17. The van der Waals surface area contributed by atoms with E-state index in [4.69, 9.17) is 4.74 Å². The van der Waals surface area contributed by atoms with Crippen molar-refractivity contribution >= 4 is 0 Å². The zero-order chi connectivity index (χ0) is 15.6. The molecule has 21 heavy (non-hydrogen) atoms. The van der Waals surface area contributed by atoms with Gasteiger partial charge in [-0.1, -0.05) is 12.1 Å². The van der Waals surface area contributed by atoms with Crippen molar-refractivity contribution in [1.29, 1.82) is 0 Å². The highest BCUT2D eigenvalue weighted by Gasteiger charge is 2.22. The van der Waals surface area contributed by atoms with E-state index in [1.54, 1.807) is 0 Å². The van der Waals surface area contributed by atoms with Gasteiger partial charge in [0.2, 0.25) is 0 Å². The van der Waals surface area contributed by atoms with Crippen molar-refractivity contribution in [2.24, 2.45) is 0 Å². The molecule has 1 unspecified atom stereocenters. The smallest absolute Gasteiger partial charge is 0.194 e. The zero-order valence-corrected chi connectivity index (χ0v) is 11.4. The molecule has 0 aliphatic rings. The Balaban J connectivity index is 2.52. The summed E-state index contributed by atoms with van der Waals surface area (Å²) in [5.74, 6) is -4.67. The molecular formula is C15H13F4NO. The second kappa shape index (κ2) is 6.13. The second-order valence-electron chi connectivity index (χ2n) is 4.38. The first-order chi connectivity index (χ1) is 9.99. The second-order valence-corrected chi connectivity index (χ2v) is 4.38. The van der Waals surface area contributed by atoms with Gasteiger partial charge in [-0.05, 0) is 30.8 Å². The summed E-state index contributed by atoms with van der Waals surface area (Å²) in [5, 5.41) is 2.79. The Labute approximate surface area is 119 Å². The van der Waals surface area contributed by atoms with Crippen molar-refractivity contribution in [2.75, 3.05) is 14.2 Å². The molecule has 2 nitrogen and oxygen atoms in total. The summed E-state index contributed by atoms with van der Waals surface area (Å²) in [5.41, 5.74) is 0.380. The van der Waals surface area contributed by atoms with Gasteiger partial charge in [-0.2, -0.15) is 0 Å². The third-order valence-corrected chi connectivity index (χ3v) is 3.17. The molecule has 0 aromatic heterocycles. The van der Waals surface area contributed by atoms with Crippen LogP contribution in [0.4, 0.5) is 17.6 Å². The topological polar surface area (TPSA) is 21.3 Å². The number of benzene rings is 2. The summed E-state index contributed by atoms with van der Waals surface area (Å²) >= 11 is 0. The van der Waals surface area contributed by atoms with Crippen LogP contribution in [-0.2, 0) is 0 Å². The first kappa shape index (κ1) is 15.3. The van der Waals surface area contributed by atoms with Gasteiger partial charge in [0, 0.05) is 5.56 Å². The Morgan fingerprint density at radius 3 is 2.24 bits per heavy atom. The molecule has 0 bridgehead atoms. The lowest BCUT2D eigenvalue weighted by Gasteiger charge is -2.19. The standard InChI is InChI=1S/C15H13F4NO/c1-20-15(8-3-5-10(16)12(7-8)21-2)9-4-6-11(17)14(19)13(9)18/h3-7,15,20H,1-2H3. The molecular weight excluding hydrogens is 286 g/mol. The molecule has 0 aliphatic heterocycles. The lowest BCUT2D eigenvalue weighted by Crippen LogP contribution is -2.20. The van der Waals surface area contributed by atoms with Crippen molar-refractivity contribution in [1.82, 2.24) is 5.32 Å². The van der Waals surface area contributed by atoms with E-state index in [9.17, 15) is 17.6 Å². The molecule has 0 fully saturated rings. The summed E-state index contributed by atoms with van der Waals surface area (Å²) in [6.07, 6.45) is 0. The van der Waals surface area contributed by atoms with Crippen molar-refractivity contribution in [3.63, 3.8) is 0 Å². The maximum absolute atomic E-state index is 13.9. The summed E-state index contributed by atoms with van der Waals surface area (Å²) in [6.45, 7) is 0. The summed E-state index contributed by atoms with van der Waals surface area (Å²) in [6, 6.07) is 5.17. The Bertz CT molecular complexity index is 660. The number of nitrogens with one attached hydrogen (secondary N) is 1. The Kier molecular flexibility index (Phi) is 4.47. The molecule has 1 atom stereocenters. The monoisotopic (exact) mass is 299 g/mol. The highest BCUT2D eigenvalue weighted by atomic mass is 19.2. The molecule has 0 saturated carbocycles. The predicted octanol–water partition coefficient (Wildman–Crippen LogP) is 3.56. The van der Waals surface area contributed by atoms with Crippen LogP contribution in [0.25, 0.3) is 0 Å². The molecule has 1 N–H and O–H groups in total. The lowest BCUT2D eigenvalue weighted by molar-refractivity contribution is 0.385. The SMILES string of the molecule is CNC(c1ccc(F)c(OC)c1)c1ccc(F)c(F)c1F. The summed E-state index contributed by atoms with van der Waals surface area (Å²) in [4.78, 5) is 0. The molecule has 0 spiro atoms. The number of hydrogen-bond acceptors (Lipinski definition) is 2. The molecule has 2 aromatic carbocycles. The minimum atomic E-state index is -1.54. The van der Waals surface area contributed by atoms with Crippen LogP contribution >= 0.6 is 0 Å². The Morgan fingerprint density at radius 1 is 0.952 bits per heavy atom.